The molecule has 0 spiro atoms. The number of hydrogen-bond acceptors (Lipinski definition) is 3. The smallest absolute Gasteiger partial charge is 0.328 e. The molecule has 0 saturated carbocycles. The third kappa shape index (κ3) is 8.44. The van der Waals surface area contributed by atoms with E-state index in [0.717, 1.165) is 18.7 Å². The van der Waals surface area contributed by atoms with Crippen molar-refractivity contribution in [2.75, 3.05) is 33.4 Å². The lowest BCUT2D eigenvalue weighted by Gasteiger charge is -2.24. The number of methoxy groups -OCH3 is 1. The van der Waals surface area contributed by atoms with Crippen LogP contribution in [0.3, 0.4) is 0 Å². The quantitative estimate of drug-likeness (QED) is 0.643. The summed E-state index contributed by atoms with van der Waals surface area (Å²) in [5.74, 6) is -0.316. The molecule has 0 aromatic rings. The predicted octanol–water partition coefficient (Wildman–Crippen LogP) is 1.62. The van der Waals surface area contributed by atoms with Gasteiger partial charge in [-0.05, 0) is 12.8 Å². The van der Waals surface area contributed by atoms with Crippen molar-refractivity contribution < 1.29 is 14.6 Å². The SMILES string of the molecule is COCCN(CC(C)=CC(=O)O)CC(C)C. The zero-order valence-electron chi connectivity index (χ0n) is 10.7. The van der Waals surface area contributed by atoms with E-state index in [0.29, 0.717) is 19.1 Å². The number of hydrogen-bond donors (Lipinski definition) is 1. The lowest BCUT2D eigenvalue weighted by molar-refractivity contribution is -0.131. The predicted molar refractivity (Wildman–Crippen MR) is 64.5 cm³/mol. The Morgan fingerprint density at radius 3 is 2.56 bits per heavy atom. The van der Waals surface area contributed by atoms with E-state index in [1.807, 2.05) is 6.92 Å². The average Bonchev–Trinajstić information content (AvgIpc) is 2.11. The lowest BCUT2D eigenvalue weighted by Crippen LogP contribution is -2.32. The van der Waals surface area contributed by atoms with Gasteiger partial charge in [0.05, 0.1) is 6.61 Å². The molecule has 0 aliphatic heterocycles. The number of rotatable bonds is 8. The summed E-state index contributed by atoms with van der Waals surface area (Å²) in [5, 5.41) is 8.64. The molecule has 16 heavy (non-hydrogen) atoms. The number of carboxylic acid groups (broad SMARTS) is 1. The minimum Gasteiger partial charge on any atom is -0.478 e. The summed E-state index contributed by atoms with van der Waals surface area (Å²) in [6.07, 6.45) is 1.26. The third-order valence-corrected chi connectivity index (χ3v) is 2.08. The second-order valence-corrected chi connectivity index (χ2v) is 4.45. The number of carbonyl (C=O) groups is 1. The molecule has 0 aliphatic rings. The molecule has 0 fully saturated rings. The van der Waals surface area contributed by atoms with E-state index in [-0.39, 0.29) is 0 Å². The maximum absolute atomic E-state index is 10.5. The molecule has 0 amide bonds. The Bertz CT molecular complexity index is 236. The number of ether oxygens (including phenoxy) is 1. The molecule has 0 aromatic heterocycles. The Morgan fingerprint density at radius 1 is 1.50 bits per heavy atom. The fourth-order valence-electron chi connectivity index (χ4n) is 1.58. The van der Waals surface area contributed by atoms with E-state index in [2.05, 4.69) is 18.7 Å². The second-order valence-electron chi connectivity index (χ2n) is 4.45. The zero-order valence-corrected chi connectivity index (χ0v) is 10.7. The van der Waals surface area contributed by atoms with Crippen molar-refractivity contribution in [3.05, 3.63) is 11.6 Å². The first-order chi connectivity index (χ1) is 7.45. The van der Waals surface area contributed by atoms with E-state index in [1.165, 1.54) is 6.08 Å². The van der Waals surface area contributed by atoms with E-state index in [4.69, 9.17) is 9.84 Å². The summed E-state index contributed by atoms with van der Waals surface area (Å²) < 4.78 is 5.04. The van der Waals surface area contributed by atoms with Crippen LogP contribution in [0.4, 0.5) is 0 Å². The van der Waals surface area contributed by atoms with Gasteiger partial charge in [-0.3, -0.25) is 4.90 Å². The Morgan fingerprint density at radius 2 is 2.12 bits per heavy atom. The highest BCUT2D eigenvalue weighted by Crippen LogP contribution is 2.03. The molecule has 1 N–H and O–H groups in total. The van der Waals surface area contributed by atoms with Gasteiger partial charge >= 0.3 is 5.97 Å². The zero-order chi connectivity index (χ0) is 12.6. The standard InChI is InChI=1S/C12H23NO3/c1-10(2)8-13(5-6-16-4)9-11(3)7-12(14)15/h7,10H,5-6,8-9H2,1-4H3,(H,14,15). The van der Waals surface area contributed by atoms with E-state index in [9.17, 15) is 4.79 Å². The molecule has 0 rings (SSSR count). The number of nitrogens with zero attached hydrogens (tertiary/aromatic N) is 1. The minimum atomic E-state index is -0.881. The van der Waals surface area contributed by atoms with Gasteiger partial charge in [-0.15, -0.1) is 0 Å². The maximum atomic E-state index is 10.5. The van der Waals surface area contributed by atoms with Crippen LogP contribution in [0.5, 0.6) is 0 Å². The van der Waals surface area contributed by atoms with Gasteiger partial charge in [-0.1, -0.05) is 19.4 Å². The Labute approximate surface area is 97.9 Å². The molecule has 0 radical (unpaired) electrons. The van der Waals surface area contributed by atoms with Crippen LogP contribution in [0.2, 0.25) is 0 Å². The minimum absolute atomic E-state index is 0.564. The van der Waals surface area contributed by atoms with Crippen LogP contribution in [-0.2, 0) is 9.53 Å². The van der Waals surface area contributed by atoms with Crippen LogP contribution >= 0.6 is 0 Å². The van der Waals surface area contributed by atoms with Crippen LogP contribution in [-0.4, -0.2) is 49.3 Å². The number of carboxylic acids is 1. The molecule has 4 nitrogen and oxygen atoms in total. The van der Waals surface area contributed by atoms with E-state index >= 15 is 0 Å². The van der Waals surface area contributed by atoms with E-state index in [1.54, 1.807) is 7.11 Å². The summed E-state index contributed by atoms with van der Waals surface area (Å²) in [4.78, 5) is 12.7. The van der Waals surface area contributed by atoms with Crippen LogP contribution in [0, 0.1) is 5.92 Å². The topological polar surface area (TPSA) is 49.8 Å². The average molecular weight is 229 g/mol. The van der Waals surface area contributed by atoms with Gasteiger partial charge in [0.25, 0.3) is 0 Å². The van der Waals surface area contributed by atoms with Crippen molar-refractivity contribution >= 4 is 5.97 Å². The van der Waals surface area contributed by atoms with Crippen molar-refractivity contribution in [3.8, 4) is 0 Å². The first-order valence-electron chi connectivity index (χ1n) is 5.57. The second kappa shape index (κ2) is 8.30. The molecular weight excluding hydrogens is 206 g/mol. The van der Waals surface area contributed by atoms with Gasteiger partial charge < -0.3 is 9.84 Å². The fraction of sp³-hybridized carbons (Fsp3) is 0.750. The van der Waals surface area contributed by atoms with Crippen LogP contribution in [0.1, 0.15) is 20.8 Å². The third-order valence-electron chi connectivity index (χ3n) is 2.08. The summed E-state index contributed by atoms with van der Waals surface area (Å²) in [6.45, 7) is 9.29. The molecule has 0 aromatic carbocycles. The van der Waals surface area contributed by atoms with Crippen molar-refractivity contribution in [3.63, 3.8) is 0 Å². The first-order valence-corrected chi connectivity index (χ1v) is 5.57. The van der Waals surface area contributed by atoms with Crippen LogP contribution < -0.4 is 0 Å². The van der Waals surface area contributed by atoms with Crippen LogP contribution in [0.15, 0.2) is 11.6 Å². The molecule has 94 valence electrons. The fourth-order valence-corrected chi connectivity index (χ4v) is 1.58. The molecule has 0 atom stereocenters. The number of aliphatic carboxylic acids is 1. The van der Waals surface area contributed by atoms with Gasteiger partial charge in [-0.2, -0.15) is 0 Å². The summed E-state index contributed by atoms with van der Waals surface area (Å²) in [5.41, 5.74) is 0.865. The first kappa shape index (κ1) is 15.1. The van der Waals surface area contributed by atoms with Crippen molar-refractivity contribution in [1.29, 1.82) is 0 Å². The van der Waals surface area contributed by atoms with Gasteiger partial charge in [0.2, 0.25) is 0 Å². The molecule has 0 heterocycles. The molecular formula is C12H23NO3. The largest absolute Gasteiger partial charge is 0.478 e. The van der Waals surface area contributed by atoms with Gasteiger partial charge in [0, 0.05) is 32.8 Å². The van der Waals surface area contributed by atoms with E-state index < -0.39 is 5.97 Å². The molecule has 0 aliphatic carbocycles. The Kier molecular flexibility index (Phi) is 7.85. The summed E-state index contributed by atoms with van der Waals surface area (Å²) in [6, 6.07) is 0. The highest BCUT2D eigenvalue weighted by Gasteiger charge is 2.08. The highest BCUT2D eigenvalue weighted by molar-refractivity contribution is 5.80. The monoisotopic (exact) mass is 229 g/mol. The van der Waals surface area contributed by atoms with Crippen LogP contribution in [0.25, 0.3) is 0 Å². The summed E-state index contributed by atoms with van der Waals surface area (Å²) in [7, 11) is 1.67. The maximum Gasteiger partial charge on any atom is 0.328 e. The van der Waals surface area contributed by atoms with Gasteiger partial charge in [0.1, 0.15) is 0 Å². The van der Waals surface area contributed by atoms with Crippen molar-refractivity contribution in [2.45, 2.75) is 20.8 Å². The normalized spacial score (nSPS) is 12.5. The van der Waals surface area contributed by atoms with Crippen molar-refractivity contribution in [1.82, 2.24) is 4.90 Å². The van der Waals surface area contributed by atoms with Gasteiger partial charge in [-0.25, -0.2) is 4.79 Å². The van der Waals surface area contributed by atoms with Crippen molar-refractivity contribution in [2.24, 2.45) is 5.92 Å². The lowest BCUT2D eigenvalue weighted by atomic mass is 10.2. The Balaban J connectivity index is 4.23. The molecule has 0 bridgehead atoms. The molecule has 4 heteroatoms. The molecule has 0 unspecified atom stereocenters. The molecule has 0 saturated heterocycles. The highest BCUT2D eigenvalue weighted by atomic mass is 16.5. The van der Waals surface area contributed by atoms with Gasteiger partial charge in [0.15, 0.2) is 0 Å². The summed E-state index contributed by atoms with van der Waals surface area (Å²) >= 11 is 0. The Hall–Kier alpha value is -0.870.